The van der Waals surface area contributed by atoms with E-state index < -0.39 is 0 Å². The molecule has 0 fully saturated rings. The molecule has 1 aliphatic rings. The van der Waals surface area contributed by atoms with Crippen molar-refractivity contribution in [3.8, 4) is 0 Å². The van der Waals surface area contributed by atoms with Crippen LogP contribution in [0.2, 0.25) is 0 Å². The summed E-state index contributed by atoms with van der Waals surface area (Å²) in [4.78, 5) is 2.32. The third-order valence-electron chi connectivity index (χ3n) is 3.78. The summed E-state index contributed by atoms with van der Waals surface area (Å²) in [6.45, 7) is 1.50. The van der Waals surface area contributed by atoms with E-state index in [0.29, 0.717) is 6.54 Å². The predicted octanol–water partition coefficient (Wildman–Crippen LogP) is 2.89. The average molecular weight is 256 g/mol. The minimum Gasteiger partial charge on any atom is -0.363 e. The first-order valence-corrected chi connectivity index (χ1v) is 6.59. The summed E-state index contributed by atoms with van der Waals surface area (Å²) >= 11 is 0. The van der Waals surface area contributed by atoms with Crippen LogP contribution in [0.5, 0.6) is 0 Å². The smallest absolute Gasteiger partial charge is 0.123 e. The second kappa shape index (κ2) is 5.02. The summed E-state index contributed by atoms with van der Waals surface area (Å²) in [5, 5.41) is 0. The van der Waals surface area contributed by atoms with Crippen LogP contribution in [0.25, 0.3) is 0 Å². The largest absolute Gasteiger partial charge is 0.363 e. The normalized spacial score (nSPS) is 15.4. The van der Waals surface area contributed by atoms with Crippen molar-refractivity contribution in [1.29, 1.82) is 0 Å². The van der Waals surface area contributed by atoms with Crippen molar-refractivity contribution in [2.75, 3.05) is 18.0 Å². The minimum atomic E-state index is -0.207. The molecule has 0 saturated heterocycles. The third kappa shape index (κ3) is 2.22. The molecule has 3 heteroatoms. The number of nitrogens with zero attached hydrogens (tertiary/aromatic N) is 1. The molecule has 0 spiro atoms. The Bertz CT molecular complexity index is 565. The Kier molecular flexibility index (Phi) is 3.22. The van der Waals surface area contributed by atoms with Gasteiger partial charge in [0.1, 0.15) is 5.82 Å². The molecule has 2 aromatic rings. The van der Waals surface area contributed by atoms with Gasteiger partial charge in [-0.25, -0.2) is 4.39 Å². The highest BCUT2D eigenvalue weighted by molar-refractivity contribution is 5.59. The minimum absolute atomic E-state index is 0.115. The maximum Gasteiger partial charge on any atom is 0.123 e. The summed E-state index contributed by atoms with van der Waals surface area (Å²) in [6, 6.07) is 15.2. The topological polar surface area (TPSA) is 29.3 Å². The Morgan fingerprint density at radius 1 is 1.11 bits per heavy atom. The lowest BCUT2D eigenvalue weighted by atomic mass is 10.1. The molecule has 2 N–H and O–H groups in total. The molecule has 1 aliphatic heterocycles. The Hall–Kier alpha value is -1.87. The van der Waals surface area contributed by atoms with Gasteiger partial charge >= 0.3 is 0 Å². The number of rotatable bonds is 3. The quantitative estimate of drug-likeness (QED) is 0.915. The first-order valence-electron chi connectivity index (χ1n) is 6.59. The molecule has 2 nitrogen and oxygen atoms in total. The van der Waals surface area contributed by atoms with Crippen molar-refractivity contribution in [3.05, 3.63) is 65.5 Å². The monoisotopic (exact) mass is 256 g/mol. The lowest BCUT2D eigenvalue weighted by Gasteiger charge is -2.29. The predicted molar refractivity (Wildman–Crippen MR) is 75.7 cm³/mol. The van der Waals surface area contributed by atoms with E-state index in [1.54, 1.807) is 0 Å². The molecule has 0 aromatic heterocycles. The van der Waals surface area contributed by atoms with Crippen molar-refractivity contribution in [1.82, 2.24) is 0 Å². The number of fused-ring (bicyclic) bond motifs is 1. The van der Waals surface area contributed by atoms with Crippen LogP contribution in [0.15, 0.2) is 48.5 Å². The van der Waals surface area contributed by atoms with Crippen LogP contribution in [-0.2, 0) is 6.42 Å². The summed E-state index contributed by atoms with van der Waals surface area (Å²) < 4.78 is 13.0. The first kappa shape index (κ1) is 12.2. The van der Waals surface area contributed by atoms with Crippen molar-refractivity contribution in [2.24, 2.45) is 5.73 Å². The van der Waals surface area contributed by atoms with E-state index in [2.05, 4.69) is 29.2 Å². The highest BCUT2D eigenvalue weighted by atomic mass is 19.1. The number of benzene rings is 2. The van der Waals surface area contributed by atoms with Gasteiger partial charge in [-0.05, 0) is 35.7 Å². The molecule has 98 valence electrons. The van der Waals surface area contributed by atoms with E-state index in [1.165, 1.54) is 23.4 Å². The molecule has 0 aliphatic carbocycles. The molecule has 3 rings (SSSR count). The fraction of sp³-hybridized carbons (Fsp3) is 0.250. The van der Waals surface area contributed by atoms with Gasteiger partial charge in [-0.2, -0.15) is 0 Å². The average Bonchev–Trinajstić information content (AvgIpc) is 2.86. The van der Waals surface area contributed by atoms with Crippen LogP contribution >= 0.6 is 0 Å². The standard InChI is InChI=1S/C16H17FN2/c17-14-7-5-13(6-8-14)16(11-18)19-10-9-12-3-1-2-4-15(12)19/h1-8,16H,9-11,18H2. The number of para-hydroxylation sites is 1. The molecule has 1 heterocycles. The van der Waals surface area contributed by atoms with Crippen molar-refractivity contribution in [2.45, 2.75) is 12.5 Å². The first-order chi connectivity index (χ1) is 9.29. The lowest BCUT2D eigenvalue weighted by molar-refractivity contribution is 0.619. The van der Waals surface area contributed by atoms with Crippen LogP contribution in [-0.4, -0.2) is 13.1 Å². The molecular weight excluding hydrogens is 239 g/mol. The lowest BCUT2D eigenvalue weighted by Crippen LogP contribution is -2.32. The maximum absolute atomic E-state index is 13.0. The van der Waals surface area contributed by atoms with E-state index >= 15 is 0 Å². The maximum atomic E-state index is 13.0. The number of anilines is 1. The van der Waals surface area contributed by atoms with Crippen LogP contribution in [0, 0.1) is 5.82 Å². The SMILES string of the molecule is NCC(c1ccc(F)cc1)N1CCc2ccccc21. The Labute approximate surface area is 112 Å². The van der Waals surface area contributed by atoms with Gasteiger partial charge < -0.3 is 10.6 Å². The number of hydrogen-bond donors (Lipinski definition) is 1. The van der Waals surface area contributed by atoms with Crippen LogP contribution in [0.1, 0.15) is 17.2 Å². The molecule has 0 radical (unpaired) electrons. The molecular formula is C16H17FN2. The number of hydrogen-bond acceptors (Lipinski definition) is 2. The van der Waals surface area contributed by atoms with Gasteiger partial charge in [0.05, 0.1) is 6.04 Å². The number of nitrogens with two attached hydrogens (primary N) is 1. The molecule has 1 unspecified atom stereocenters. The van der Waals surface area contributed by atoms with E-state index in [-0.39, 0.29) is 11.9 Å². The second-order valence-corrected chi connectivity index (χ2v) is 4.88. The molecule has 19 heavy (non-hydrogen) atoms. The van der Waals surface area contributed by atoms with Gasteiger partial charge in [0.15, 0.2) is 0 Å². The van der Waals surface area contributed by atoms with E-state index in [1.807, 2.05) is 12.1 Å². The van der Waals surface area contributed by atoms with E-state index in [4.69, 9.17) is 5.73 Å². The molecule has 0 saturated carbocycles. The summed E-state index contributed by atoms with van der Waals surface area (Å²) in [6.07, 6.45) is 1.05. The van der Waals surface area contributed by atoms with Crippen molar-refractivity contribution < 1.29 is 4.39 Å². The van der Waals surface area contributed by atoms with Crippen LogP contribution in [0.4, 0.5) is 10.1 Å². The van der Waals surface area contributed by atoms with E-state index in [9.17, 15) is 4.39 Å². The van der Waals surface area contributed by atoms with Gasteiger partial charge in [0, 0.05) is 18.8 Å². The summed E-state index contributed by atoms with van der Waals surface area (Å²) in [7, 11) is 0. The second-order valence-electron chi connectivity index (χ2n) is 4.88. The van der Waals surface area contributed by atoms with Gasteiger partial charge in [-0.1, -0.05) is 30.3 Å². The van der Waals surface area contributed by atoms with Gasteiger partial charge in [-0.3, -0.25) is 0 Å². The van der Waals surface area contributed by atoms with Crippen molar-refractivity contribution >= 4 is 5.69 Å². The Morgan fingerprint density at radius 3 is 2.58 bits per heavy atom. The third-order valence-corrected chi connectivity index (χ3v) is 3.78. The Morgan fingerprint density at radius 2 is 1.84 bits per heavy atom. The summed E-state index contributed by atoms with van der Waals surface area (Å²) in [5.74, 6) is -0.207. The van der Waals surface area contributed by atoms with E-state index in [0.717, 1.165) is 18.5 Å². The van der Waals surface area contributed by atoms with Gasteiger partial charge in [-0.15, -0.1) is 0 Å². The molecule has 0 amide bonds. The molecule has 0 bridgehead atoms. The number of halogens is 1. The Balaban J connectivity index is 1.94. The van der Waals surface area contributed by atoms with Gasteiger partial charge in [0.2, 0.25) is 0 Å². The zero-order valence-corrected chi connectivity index (χ0v) is 10.7. The highest BCUT2D eigenvalue weighted by Gasteiger charge is 2.25. The fourth-order valence-corrected chi connectivity index (χ4v) is 2.82. The van der Waals surface area contributed by atoms with Crippen molar-refractivity contribution in [3.63, 3.8) is 0 Å². The fourth-order valence-electron chi connectivity index (χ4n) is 2.82. The highest BCUT2D eigenvalue weighted by Crippen LogP contribution is 2.34. The van der Waals surface area contributed by atoms with Crippen LogP contribution in [0.3, 0.4) is 0 Å². The summed E-state index contributed by atoms with van der Waals surface area (Å²) in [5.41, 5.74) is 9.63. The van der Waals surface area contributed by atoms with Crippen LogP contribution < -0.4 is 10.6 Å². The van der Waals surface area contributed by atoms with Gasteiger partial charge in [0.25, 0.3) is 0 Å². The molecule has 1 atom stereocenters. The molecule has 2 aromatic carbocycles. The zero-order valence-electron chi connectivity index (χ0n) is 10.7. The zero-order chi connectivity index (χ0) is 13.2.